The summed E-state index contributed by atoms with van der Waals surface area (Å²) in [5.41, 5.74) is 2.45. The van der Waals surface area contributed by atoms with E-state index in [1.165, 1.54) is 0 Å². The molecule has 0 unspecified atom stereocenters. The van der Waals surface area contributed by atoms with Crippen LogP contribution in [0, 0.1) is 13.8 Å². The molecule has 0 amide bonds. The highest BCUT2D eigenvalue weighted by Crippen LogP contribution is 2.24. The molecule has 1 atom stereocenters. The summed E-state index contributed by atoms with van der Waals surface area (Å²) in [6, 6.07) is 14.3. The fourth-order valence-electron chi connectivity index (χ4n) is 2.79. The van der Waals surface area contributed by atoms with Crippen molar-refractivity contribution >= 4 is 10.0 Å². The Bertz CT molecular complexity index is 979. The first-order valence-electron chi connectivity index (χ1n) is 8.00. The van der Waals surface area contributed by atoms with Gasteiger partial charge in [-0.05, 0) is 36.6 Å². The number of nitrogens with zero attached hydrogens (tertiary/aromatic N) is 2. The van der Waals surface area contributed by atoms with Gasteiger partial charge < -0.3 is 4.57 Å². The molecule has 1 aromatic heterocycles. The second kappa shape index (κ2) is 6.82. The van der Waals surface area contributed by atoms with Crippen molar-refractivity contribution in [1.29, 1.82) is 0 Å². The van der Waals surface area contributed by atoms with Crippen molar-refractivity contribution in [3.63, 3.8) is 0 Å². The summed E-state index contributed by atoms with van der Waals surface area (Å²) in [5, 5.41) is 0. The lowest BCUT2D eigenvalue weighted by atomic mass is 10.1. The zero-order valence-electron chi connectivity index (χ0n) is 14.5. The van der Waals surface area contributed by atoms with Crippen LogP contribution >= 0.6 is 0 Å². The van der Waals surface area contributed by atoms with E-state index in [4.69, 9.17) is 0 Å². The zero-order valence-corrected chi connectivity index (χ0v) is 15.3. The highest BCUT2D eigenvalue weighted by atomic mass is 32.2. The normalized spacial score (nSPS) is 12.9. The Kier molecular flexibility index (Phi) is 4.74. The van der Waals surface area contributed by atoms with E-state index < -0.39 is 16.1 Å². The van der Waals surface area contributed by atoms with E-state index >= 15 is 0 Å². The van der Waals surface area contributed by atoms with Gasteiger partial charge in [0.25, 0.3) is 0 Å². The first-order chi connectivity index (χ1) is 11.9. The number of nitrogens with one attached hydrogen (secondary N) is 1. The molecule has 0 spiro atoms. The third-order valence-corrected chi connectivity index (χ3v) is 5.72. The fraction of sp³-hybridized carbons (Fsp3) is 0.211. The van der Waals surface area contributed by atoms with E-state index in [-0.39, 0.29) is 0 Å². The number of aryl methyl sites for hydroxylation is 3. The van der Waals surface area contributed by atoms with Crippen LogP contribution in [0.15, 0.2) is 65.8 Å². The van der Waals surface area contributed by atoms with E-state index in [9.17, 15) is 8.42 Å². The average Bonchev–Trinajstić information content (AvgIpc) is 3.01. The number of hydrogen-bond acceptors (Lipinski definition) is 3. The van der Waals surface area contributed by atoms with Crippen LogP contribution in [0.2, 0.25) is 0 Å². The van der Waals surface area contributed by atoms with Crippen molar-refractivity contribution in [2.24, 2.45) is 7.05 Å². The number of rotatable bonds is 5. The summed E-state index contributed by atoms with van der Waals surface area (Å²) >= 11 is 0. The maximum absolute atomic E-state index is 13.0. The first kappa shape index (κ1) is 17.4. The Morgan fingerprint density at radius 3 is 2.44 bits per heavy atom. The van der Waals surface area contributed by atoms with Gasteiger partial charge in [-0.3, -0.25) is 0 Å². The van der Waals surface area contributed by atoms with Crippen molar-refractivity contribution in [3.05, 3.63) is 83.4 Å². The Balaban J connectivity index is 2.06. The largest absolute Gasteiger partial charge is 0.336 e. The molecule has 0 aliphatic rings. The second-order valence-corrected chi connectivity index (χ2v) is 7.81. The highest BCUT2D eigenvalue weighted by Gasteiger charge is 2.26. The first-order valence-corrected chi connectivity index (χ1v) is 9.48. The van der Waals surface area contributed by atoms with Gasteiger partial charge in [0.2, 0.25) is 10.0 Å². The van der Waals surface area contributed by atoms with Crippen molar-refractivity contribution in [2.45, 2.75) is 24.8 Å². The van der Waals surface area contributed by atoms with Gasteiger partial charge in [-0.25, -0.2) is 13.4 Å². The zero-order chi connectivity index (χ0) is 18.0. The van der Waals surface area contributed by atoms with Crippen LogP contribution in [0.4, 0.5) is 0 Å². The summed E-state index contributed by atoms with van der Waals surface area (Å²) < 4.78 is 30.7. The van der Waals surface area contributed by atoms with Crippen LogP contribution in [0.25, 0.3) is 0 Å². The molecule has 2 aromatic carbocycles. The van der Waals surface area contributed by atoms with Gasteiger partial charge in [0, 0.05) is 19.4 Å². The van der Waals surface area contributed by atoms with E-state index in [1.807, 2.05) is 61.0 Å². The molecule has 0 aliphatic heterocycles. The predicted octanol–water partition coefficient (Wildman–Crippen LogP) is 3.10. The summed E-state index contributed by atoms with van der Waals surface area (Å²) in [6.45, 7) is 3.68. The molecule has 0 radical (unpaired) electrons. The molecular weight excluding hydrogens is 334 g/mol. The molecular formula is C19H21N3O2S. The maximum Gasteiger partial charge on any atom is 0.241 e. The van der Waals surface area contributed by atoms with Gasteiger partial charge in [0.1, 0.15) is 11.9 Å². The van der Waals surface area contributed by atoms with E-state index in [0.29, 0.717) is 16.3 Å². The number of sulfonamides is 1. The van der Waals surface area contributed by atoms with E-state index in [1.54, 1.807) is 25.4 Å². The standard InChI is InChI=1S/C19H21N3O2S/c1-14-9-10-15(2)17(13-14)25(23,24)21-18(16-7-5-4-6-8-16)19-20-11-12-22(19)3/h4-13,18,21H,1-3H3/t18-/m1/s1. The predicted molar refractivity (Wildman–Crippen MR) is 97.7 cm³/mol. The lowest BCUT2D eigenvalue weighted by Gasteiger charge is -2.20. The molecule has 25 heavy (non-hydrogen) atoms. The molecule has 0 saturated heterocycles. The molecule has 1 heterocycles. The number of benzene rings is 2. The highest BCUT2D eigenvalue weighted by molar-refractivity contribution is 7.89. The van der Waals surface area contributed by atoms with E-state index in [0.717, 1.165) is 11.1 Å². The van der Waals surface area contributed by atoms with Gasteiger partial charge in [-0.15, -0.1) is 0 Å². The van der Waals surface area contributed by atoms with E-state index in [2.05, 4.69) is 9.71 Å². The third-order valence-electron chi connectivity index (χ3n) is 4.16. The molecule has 0 fully saturated rings. The minimum atomic E-state index is -3.71. The summed E-state index contributed by atoms with van der Waals surface area (Å²) in [4.78, 5) is 4.64. The SMILES string of the molecule is Cc1ccc(C)c(S(=O)(=O)N[C@H](c2ccccc2)c2nccn2C)c1. The minimum Gasteiger partial charge on any atom is -0.336 e. The fourth-order valence-corrected chi connectivity index (χ4v) is 4.30. The lowest BCUT2D eigenvalue weighted by Crippen LogP contribution is -2.31. The Morgan fingerprint density at radius 1 is 1.08 bits per heavy atom. The topological polar surface area (TPSA) is 64.0 Å². The van der Waals surface area contributed by atoms with Gasteiger partial charge in [0.05, 0.1) is 4.90 Å². The van der Waals surface area contributed by atoms with Crippen LogP contribution in [-0.4, -0.2) is 18.0 Å². The van der Waals surface area contributed by atoms with Crippen molar-refractivity contribution in [3.8, 4) is 0 Å². The molecule has 130 valence electrons. The van der Waals surface area contributed by atoms with Crippen LogP contribution < -0.4 is 4.72 Å². The quantitative estimate of drug-likeness (QED) is 0.765. The Hall–Kier alpha value is -2.44. The third kappa shape index (κ3) is 3.65. The molecule has 3 aromatic rings. The molecule has 0 saturated carbocycles. The van der Waals surface area contributed by atoms with Crippen LogP contribution in [-0.2, 0) is 17.1 Å². The monoisotopic (exact) mass is 355 g/mol. The summed E-state index contributed by atoms with van der Waals surface area (Å²) in [6.07, 6.45) is 3.47. The molecule has 3 rings (SSSR count). The molecule has 0 aliphatic carbocycles. The number of hydrogen-bond donors (Lipinski definition) is 1. The maximum atomic E-state index is 13.0. The Labute approximate surface area is 148 Å². The second-order valence-electron chi connectivity index (χ2n) is 6.13. The van der Waals surface area contributed by atoms with Crippen LogP contribution in [0.1, 0.15) is 28.6 Å². The molecule has 1 N–H and O–H groups in total. The minimum absolute atomic E-state index is 0.294. The molecule has 5 nitrogen and oxygen atoms in total. The van der Waals surface area contributed by atoms with Gasteiger partial charge in [-0.1, -0.05) is 42.5 Å². The molecule has 0 bridgehead atoms. The smallest absolute Gasteiger partial charge is 0.241 e. The number of imidazole rings is 1. The molecule has 6 heteroatoms. The van der Waals surface area contributed by atoms with Gasteiger partial charge >= 0.3 is 0 Å². The van der Waals surface area contributed by atoms with Gasteiger partial charge in [-0.2, -0.15) is 4.72 Å². The lowest BCUT2D eigenvalue weighted by molar-refractivity contribution is 0.562. The average molecular weight is 355 g/mol. The van der Waals surface area contributed by atoms with Crippen LogP contribution in [0.3, 0.4) is 0 Å². The van der Waals surface area contributed by atoms with Crippen molar-refractivity contribution in [2.75, 3.05) is 0 Å². The van der Waals surface area contributed by atoms with Crippen molar-refractivity contribution in [1.82, 2.24) is 14.3 Å². The Morgan fingerprint density at radius 2 is 1.80 bits per heavy atom. The summed E-state index contributed by atoms with van der Waals surface area (Å²) in [7, 11) is -1.86. The van der Waals surface area contributed by atoms with Crippen molar-refractivity contribution < 1.29 is 8.42 Å². The van der Waals surface area contributed by atoms with Gasteiger partial charge in [0.15, 0.2) is 0 Å². The van der Waals surface area contributed by atoms with Crippen LogP contribution in [0.5, 0.6) is 0 Å². The number of aromatic nitrogens is 2. The summed E-state index contributed by atoms with van der Waals surface area (Å²) in [5.74, 6) is 0.639.